The summed E-state index contributed by atoms with van der Waals surface area (Å²) in [5.41, 5.74) is 1.40. The van der Waals surface area contributed by atoms with E-state index in [1.165, 1.54) is 12.8 Å². The van der Waals surface area contributed by atoms with E-state index in [0.717, 1.165) is 56.7 Å². The summed E-state index contributed by atoms with van der Waals surface area (Å²) in [6.45, 7) is 2.77. The third kappa shape index (κ3) is 4.42. The maximum atomic E-state index is 13.2. The summed E-state index contributed by atoms with van der Waals surface area (Å²) in [6.07, 6.45) is 8.42. The molecule has 0 spiro atoms. The number of piperidine rings is 1. The first-order valence-corrected chi connectivity index (χ1v) is 10.7. The fourth-order valence-electron chi connectivity index (χ4n) is 4.78. The Morgan fingerprint density at radius 3 is 2.45 bits per heavy atom. The van der Waals surface area contributed by atoms with Gasteiger partial charge < -0.3 is 9.80 Å². The highest BCUT2D eigenvalue weighted by molar-refractivity contribution is 5.94. The van der Waals surface area contributed by atoms with Gasteiger partial charge in [-0.15, -0.1) is 0 Å². The molecule has 0 bridgehead atoms. The molecule has 2 aliphatic heterocycles. The van der Waals surface area contributed by atoms with Gasteiger partial charge in [0.1, 0.15) is 11.9 Å². The molecule has 2 fully saturated rings. The SMILES string of the molecule is N#Cc1ccc(N2CCC(C3CCCCCN3C(=O)c3ccccc3)CC2)nc1. The molecule has 0 saturated carbocycles. The lowest BCUT2D eigenvalue weighted by Gasteiger charge is -2.41. The molecule has 5 nitrogen and oxygen atoms in total. The summed E-state index contributed by atoms with van der Waals surface area (Å²) < 4.78 is 0. The molecule has 5 heteroatoms. The molecule has 2 aliphatic rings. The van der Waals surface area contributed by atoms with Gasteiger partial charge in [0.05, 0.1) is 5.56 Å². The van der Waals surface area contributed by atoms with Gasteiger partial charge in [-0.1, -0.05) is 31.0 Å². The van der Waals surface area contributed by atoms with E-state index in [2.05, 4.69) is 20.9 Å². The van der Waals surface area contributed by atoms with E-state index in [4.69, 9.17) is 5.26 Å². The summed E-state index contributed by atoms with van der Waals surface area (Å²) in [6, 6.07) is 16.0. The first kappa shape index (κ1) is 19.4. The predicted molar refractivity (Wildman–Crippen MR) is 114 cm³/mol. The number of amides is 1. The second-order valence-electron chi connectivity index (χ2n) is 8.12. The normalized spacial score (nSPS) is 20.7. The van der Waals surface area contributed by atoms with Crippen molar-refractivity contribution in [2.75, 3.05) is 24.5 Å². The number of rotatable bonds is 3. The van der Waals surface area contributed by atoms with Crippen molar-refractivity contribution in [2.24, 2.45) is 5.92 Å². The minimum Gasteiger partial charge on any atom is -0.357 e. The first-order valence-electron chi connectivity index (χ1n) is 10.7. The van der Waals surface area contributed by atoms with Crippen LogP contribution in [0.3, 0.4) is 0 Å². The van der Waals surface area contributed by atoms with E-state index in [1.54, 1.807) is 6.20 Å². The third-order valence-electron chi connectivity index (χ3n) is 6.37. The molecule has 2 saturated heterocycles. The van der Waals surface area contributed by atoms with Crippen LogP contribution in [0, 0.1) is 17.2 Å². The predicted octanol–water partition coefficient (Wildman–Crippen LogP) is 4.25. The summed E-state index contributed by atoms with van der Waals surface area (Å²) in [7, 11) is 0. The van der Waals surface area contributed by atoms with Gasteiger partial charge in [0, 0.05) is 37.4 Å². The highest BCUT2D eigenvalue weighted by Gasteiger charge is 2.34. The van der Waals surface area contributed by atoms with Crippen molar-refractivity contribution < 1.29 is 4.79 Å². The van der Waals surface area contributed by atoms with Crippen LogP contribution in [-0.4, -0.2) is 41.5 Å². The average Bonchev–Trinajstić information content (AvgIpc) is 3.05. The lowest BCUT2D eigenvalue weighted by molar-refractivity contribution is 0.0588. The number of anilines is 1. The summed E-state index contributed by atoms with van der Waals surface area (Å²) in [5, 5.41) is 8.96. The summed E-state index contributed by atoms with van der Waals surface area (Å²) >= 11 is 0. The van der Waals surface area contributed by atoms with Gasteiger partial charge in [0.25, 0.3) is 5.91 Å². The molecule has 1 aromatic heterocycles. The van der Waals surface area contributed by atoms with Gasteiger partial charge in [-0.25, -0.2) is 4.98 Å². The minimum atomic E-state index is 0.189. The molecule has 4 rings (SSSR count). The quantitative estimate of drug-likeness (QED) is 0.788. The van der Waals surface area contributed by atoms with Crippen molar-refractivity contribution in [1.29, 1.82) is 5.26 Å². The first-order chi connectivity index (χ1) is 14.3. The van der Waals surface area contributed by atoms with Crippen LogP contribution in [0.15, 0.2) is 48.7 Å². The van der Waals surface area contributed by atoms with Crippen LogP contribution in [0.1, 0.15) is 54.4 Å². The molecule has 1 aromatic carbocycles. The maximum Gasteiger partial charge on any atom is 0.254 e. The summed E-state index contributed by atoms with van der Waals surface area (Å²) in [4.78, 5) is 22.2. The van der Waals surface area contributed by atoms with E-state index in [0.29, 0.717) is 17.5 Å². The Labute approximate surface area is 173 Å². The molecular formula is C24H28N4O. The van der Waals surface area contributed by atoms with Crippen molar-refractivity contribution in [3.05, 3.63) is 59.8 Å². The number of carbonyl (C=O) groups is 1. The van der Waals surface area contributed by atoms with Gasteiger partial charge in [0.2, 0.25) is 0 Å². The number of hydrogen-bond donors (Lipinski definition) is 0. The van der Waals surface area contributed by atoms with Crippen molar-refractivity contribution in [3.63, 3.8) is 0 Å². The standard InChI is InChI=1S/C24H28N4O/c25-17-19-10-11-23(26-18-19)27-15-12-20(13-16-27)22-9-5-2-6-14-28(22)24(29)21-7-3-1-4-8-21/h1,3-4,7-8,10-11,18,20,22H,2,5-6,9,12-16H2. The van der Waals surface area contributed by atoms with E-state index in [9.17, 15) is 4.79 Å². The zero-order valence-electron chi connectivity index (χ0n) is 16.8. The monoisotopic (exact) mass is 388 g/mol. The van der Waals surface area contributed by atoms with Crippen LogP contribution in [0.4, 0.5) is 5.82 Å². The second-order valence-corrected chi connectivity index (χ2v) is 8.12. The van der Waals surface area contributed by atoms with E-state index in [-0.39, 0.29) is 5.91 Å². The zero-order chi connectivity index (χ0) is 20.1. The number of hydrogen-bond acceptors (Lipinski definition) is 4. The van der Waals surface area contributed by atoms with Crippen molar-refractivity contribution in [1.82, 2.24) is 9.88 Å². The van der Waals surface area contributed by atoms with Gasteiger partial charge in [-0.2, -0.15) is 5.26 Å². The third-order valence-corrected chi connectivity index (χ3v) is 6.37. The Bertz CT molecular complexity index is 851. The van der Waals surface area contributed by atoms with Crippen LogP contribution < -0.4 is 4.90 Å². The number of benzene rings is 1. The highest BCUT2D eigenvalue weighted by atomic mass is 16.2. The molecule has 29 heavy (non-hydrogen) atoms. The molecule has 0 N–H and O–H groups in total. The van der Waals surface area contributed by atoms with Crippen LogP contribution in [-0.2, 0) is 0 Å². The minimum absolute atomic E-state index is 0.189. The number of pyridine rings is 1. The number of nitrogens with zero attached hydrogens (tertiary/aromatic N) is 4. The number of nitriles is 1. The molecule has 1 unspecified atom stereocenters. The Balaban J connectivity index is 1.44. The molecule has 2 aromatic rings. The Morgan fingerprint density at radius 1 is 0.966 bits per heavy atom. The Hall–Kier alpha value is -2.87. The Morgan fingerprint density at radius 2 is 1.76 bits per heavy atom. The fourth-order valence-corrected chi connectivity index (χ4v) is 4.78. The van der Waals surface area contributed by atoms with Crippen LogP contribution >= 0.6 is 0 Å². The van der Waals surface area contributed by atoms with Crippen molar-refractivity contribution in [3.8, 4) is 6.07 Å². The molecule has 150 valence electrons. The largest absolute Gasteiger partial charge is 0.357 e. The summed E-state index contributed by atoms with van der Waals surface area (Å²) in [5.74, 6) is 1.67. The topological polar surface area (TPSA) is 60.2 Å². The van der Waals surface area contributed by atoms with Crippen LogP contribution in [0.2, 0.25) is 0 Å². The highest BCUT2D eigenvalue weighted by Crippen LogP contribution is 2.32. The molecule has 1 atom stereocenters. The molecule has 0 aliphatic carbocycles. The molecular weight excluding hydrogens is 360 g/mol. The van der Waals surface area contributed by atoms with E-state index >= 15 is 0 Å². The van der Waals surface area contributed by atoms with E-state index < -0.39 is 0 Å². The fraction of sp³-hybridized carbons (Fsp3) is 0.458. The van der Waals surface area contributed by atoms with E-state index in [1.807, 2.05) is 42.5 Å². The average molecular weight is 389 g/mol. The van der Waals surface area contributed by atoms with Crippen molar-refractivity contribution in [2.45, 2.75) is 44.6 Å². The zero-order valence-corrected chi connectivity index (χ0v) is 16.8. The Kier molecular flexibility index (Phi) is 6.09. The van der Waals surface area contributed by atoms with Gasteiger partial charge in [-0.3, -0.25) is 4.79 Å². The number of likely N-dealkylation sites (tertiary alicyclic amines) is 1. The van der Waals surface area contributed by atoms with Gasteiger partial charge in [-0.05, 0) is 55.9 Å². The molecule has 1 amide bonds. The number of carbonyl (C=O) groups excluding carboxylic acids is 1. The van der Waals surface area contributed by atoms with Gasteiger partial charge >= 0.3 is 0 Å². The lowest BCUT2D eigenvalue weighted by Crippen LogP contribution is -2.48. The van der Waals surface area contributed by atoms with Crippen LogP contribution in [0.25, 0.3) is 0 Å². The second kappa shape index (κ2) is 9.09. The number of aromatic nitrogens is 1. The lowest BCUT2D eigenvalue weighted by atomic mass is 9.86. The maximum absolute atomic E-state index is 13.2. The van der Waals surface area contributed by atoms with Gasteiger partial charge in [0.15, 0.2) is 0 Å². The van der Waals surface area contributed by atoms with Crippen molar-refractivity contribution >= 4 is 11.7 Å². The molecule has 3 heterocycles. The smallest absolute Gasteiger partial charge is 0.254 e. The van der Waals surface area contributed by atoms with Crippen LogP contribution in [0.5, 0.6) is 0 Å². The molecule has 0 radical (unpaired) electrons.